The lowest BCUT2D eigenvalue weighted by atomic mass is 10.2. The van der Waals surface area contributed by atoms with Gasteiger partial charge in [-0.3, -0.25) is 0 Å². The quantitative estimate of drug-likeness (QED) is 0.769. The van der Waals surface area contributed by atoms with Crippen LogP contribution in [0.1, 0.15) is 5.56 Å². The SMILES string of the molecule is Cc1cc(NCC(O)CO)ccc1Br. The molecule has 0 radical (unpaired) electrons. The standard InChI is InChI=1S/C10H14BrNO2/c1-7-4-8(2-3-10(7)11)12-5-9(14)6-13/h2-4,9,12-14H,5-6H2,1H3. The molecule has 0 bridgehead atoms. The maximum Gasteiger partial charge on any atom is 0.0942 e. The Labute approximate surface area is 91.9 Å². The van der Waals surface area contributed by atoms with Crippen LogP contribution in [0.3, 0.4) is 0 Å². The van der Waals surface area contributed by atoms with E-state index in [-0.39, 0.29) is 6.61 Å². The van der Waals surface area contributed by atoms with E-state index in [1.807, 2.05) is 25.1 Å². The maximum atomic E-state index is 9.12. The summed E-state index contributed by atoms with van der Waals surface area (Å²) in [5, 5.41) is 20.8. The van der Waals surface area contributed by atoms with E-state index < -0.39 is 6.10 Å². The van der Waals surface area contributed by atoms with Gasteiger partial charge in [-0.15, -0.1) is 0 Å². The molecule has 0 amide bonds. The van der Waals surface area contributed by atoms with Gasteiger partial charge in [0.05, 0.1) is 12.7 Å². The first-order valence-electron chi connectivity index (χ1n) is 4.42. The van der Waals surface area contributed by atoms with Crippen LogP contribution in [0.15, 0.2) is 22.7 Å². The molecule has 1 unspecified atom stereocenters. The number of rotatable bonds is 4. The second kappa shape index (κ2) is 5.34. The van der Waals surface area contributed by atoms with Crippen LogP contribution in [0.25, 0.3) is 0 Å². The number of aliphatic hydroxyl groups is 2. The van der Waals surface area contributed by atoms with Crippen LogP contribution in [0.5, 0.6) is 0 Å². The van der Waals surface area contributed by atoms with Crippen molar-refractivity contribution in [3.05, 3.63) is 28.2 Å². The number of benzene rings is 1. The minimum Gasteiger partial charge on any atom is -0.394 e. The molecule has 3 nitrogen and oxygen atoms in total. The molecule has 0 aliphatic heterocycles. The zero-order valence-electron chi connectivity index (χ0n) is 8.00. The summed E-state index contributed by atoms with van der Waals surface area (Å²) in [6.07, 6.45) is -0.709. The zero-order valence-corrected chi connectivity index (χ0v) is 9.58. The highest BCUT2D eigenvalue weighted by Crippen LogP contribution is 2.19. The van der Waals surface area contributed by atoms with E-state index in [0.717, 1.165) is 15.7 Å². The number of hydrogen-bond acceptors (Lipinski definition) is 3. The Morgan fingerprint density at radius 1 is 1.50 bits per heavy atom. The van der Waals surface area contributed by atoms with E-state index in [4.69, 9.17) is 10.2 Å². The lowest BCUT2D eigenvalue weighted by molar-refractivity contribution is 0.105. The predicted octanol–water partition coefficient (Wildman–Crippen LogP) is 1.52. The number of halogens is 1. The van der Waals surface area contributed by atoms with Crippen molar-refractivity contribution in [3.8, 4) is 0 Å². The van der Waals surface area contributed by atoms with Crippen LogP contribution >= 0.6 is 15.9 Å². The van der Waals surface area contributed by atoms with Gasteiger partial charge < -0.3 is 15.5 Å². The Bertz CT molecular complexity index is 304. The van der Waals surface area contributed by atoms with E-state index >= 15 is 0 Å². The second-order valence-corrected chi connectivity index (χ2v) is 4.04. The normalized spacial score (nSPS) is 12.6. The van der Waals surface area contributed by atoms with Crippen molar-refractivity contribution < 1.29 is 10.2 Å². The second-order valence-electron chi connectivity index (χ2n) is 3.18. The summed E-state index contributed by atoms with van der Waals surface area (Å²) in [4.78, 5) is 0. The van der Waals surface area contributed by atoms with E-state index in [2.05, 4.69) is 21.2 Å². The monoisotopic (exact) mass is 259 g/mol. The molecule has 14 heavy (non-hydrogen) atoms. The van der Waals surface area contributed by atoms with E-state index in [1.165, 1.54) is 0 Å². The Hall–Kier alpha value is -0.580. The fourth-order valence-electron chi connectivity index (χ4n) is 1.05. The highest BCUT2D eigenvalue weighted by molar-refractivity contribution is 9.10. The molecule has 1 rings (SSSR count). The number of nitrogens with one attached hydrogen (secondary N) is 1. The molecule has 0 spiro atoms. The summed E-state index contributed by atoms with van der Waals surface area (Å²) in [6, 6.07) is 5.85. The van der Waals surface area contributed by atoms with E-state index in [1.54, 1.807) is 0 Å². The topological polar surface area (TPSA) is 52.5 Å². The summed E-state index contributed by atoms with van der Waals surface area (Å²) in [5.74, 6) is 0. The van der Waals surface area contributed by atoms with Gasteiger partial charge in [-0.05, 0) is 30.7 Å². The third kappa shape index (κ3) is 3.29. The lowest BCUT2D eigenvalue weighted by Crippen LogP contribution is -2.22. The number of aryl methyl sites for hydroxylation is 1. The van der Waals surface area contributed by atoms with Gasteiger partial charge in [-0.25, -0.2) is 0 Å². The van der Waals surface area contributed by atoms with Gasteiger partial charge in [-0.1, -0.05) is 15.9 Å². The molecule has 0 aromatic heterocycles. The van der Waals surface area contributed by atoms with Crippen LogP contribution < -0.4 is 5.32 Å². The highest BCUT2D eigenvalue weighted by Gasteiger charge is 2.01. The minimum atomic E-state index is -0.709. The molecule has 1 aromatic rings. The lowest BCUT2D eigenvalue weighted by Gasteiger charge is -2.11. The summed E-state index contributed by atoms with van der Waals surface area (Å²) < 4.78 is 1.06. The number of anilines is 1. The molecule has 0 fully saturated rings. The van der Waals surface area contributed by atoms with Gasteiger partial charge in [0.25, 0.3) is 0 Å². The van der Waals surface area contributed by atoms with Crippen LogP contribution in [-0.2, 0) is 0 Å². The average molecular weight is 260 g/mol. The van der Waals surface area contributed by atoms with E-state index in [0.29, 0.717) is 6.54 Å². The van der Waals surface area contributed by atoms with Gasteiger partial charge in [0.1, 0.15) is 0 Å². The summed E-state index contributed by atoms with van der Waals surface area (Å²) in [6.45, 7) is 2.14. The predicted molar refractivity (Wildman–Crippen MR) is 60.5 cm³/mol. The molecule has 0 aliphatic rings. The molecule has 0 saturated carbocycles. The Balaban J connectivity index is 2.55. The third-order valence-electron chi connectivity index (χ3n) is 1.91. The first-order chi connectivity index (χ1) is 6.63. The van der Waals surface area contributed by atoms with Crippen molar-refractivity contribution >= 4 is 21.6 Å². The van der Waals surface area contributed by atoms with Gasteiger partial charge >= 0.3 is 0 Å². The molecule has 3 N–H and O–H groups in total. The van der Waals surface area contributed by atoms with Crippen LogP contribution in [0.2, 0.25) is 0 Å². The van der Waals surface area contributed by atoms with Gasteiger partial charge in [-0.2, -0.15) is 0 Å². The third-order valence-corrected chi connectivity index (χ3v) is 2.80. The van der Waals surface area contributed by atoms with Crippen LogP contribution in [-0.4, -0.2) is 29.5 Å². The minimum absolute atomic E-state index is 0.220. The first-order valence-corrected chi connectivity index (χ1v) is 5.21. The maximum absolute atomic E-state index is 9.12. The molecule has 78 valence electrons. The summed E-state index contributed by atoms with van der Waals surface area (Å²) in [7, 11) is 0. The van der Waals surface area contributed by atoms with Crippen molar-refractivity contribution in [3.63, 3.8) is 0 Å². The molecule has 0 saturated heterocycles. The van der Waals surface area contributed by atoms with Crippen molar-refractivity contribution in [1.82, 2.24) is 0 Å². The van der Waals surface area contributed by atoms with Crippen LogP contribution in [0, 0.1) is 6.92 Å². The van der Waals surface area contributed by atoms with Crippen molar-refractivity contribution in [2.45, 2.75) is 13.0 Å². The number of aliphatic hydroxyl groups excluding tert-OH is 2. The van der Waals surface area contributed by atoms with Gasteiger partial charge in [0, 0.05) is 16.7 Å². The fourth-order valence-corrected chi connectivity index (χ4v) is 1.30. The molecule has 4 heteroatoms. The van der Waals surface area contributed by atoms with Gasteiger partial charge in [0.2, 0.25) is 0 Å². The Kier molecular flexibility index (Phi) is 4.38. The Morgan fingerprint density at radius 2 is 2.21 bits per heavy atom. The molecule has 1 aromatic carbocycles. The van der Waals surface area contributed by atoms with Gasteiger partial charge in [0.15, 0.2) is 0 Å². The fraction of sp³-hybridized carbons (Fsp3) is 0.400. The molecule has 1 atom stereocenters. The molecule has 0 heterocycles. The van der Waals surface area contributed by atoms with Crippen LogP contribution in [0.4, 0.5) is 5.69 Å². The average Bonchev–Trinajstić information content (AvgIpc) is 2.19. The smallest absolute Gasteiger partial charge is 0.0942 e. The highest BCUT2D eigenvalue weighted by atomic mass is 79.9. The summed E-state index contributed by atoms with van der Waals surface area (Å²) >= 11 is 3.41. The van der Waals surface area contributed by atoms with Crippen molar-refractivity contribution in [2.75, 3.05) is 18.5 Å². The van der Waals surface area contributed by atoms with Crippen molar-refractivity contribution in [1.29, 1.82) is 0 Å². The van der Waals surface area contributed by atoms with E-state index in [9.17, 15) is 0 Å². The zero-order chi connectivity index (χ0) is 10.6. The summed E-state index contributed by atoms with van der Waals surface area (Å²) in [5.41, 5.74) is 2.08. The number of hydrogen-bond donors (Lipinski definition) is 3. The van der Waals surface area contributed by atoms with Crippen molar-refractivity contribution in [2.24, 2.45) is 0 Å². The molecule has 0 aliphatic carbocycles. The molecular formula is C10H14BrNO2. The largest absolute Gasteiger partial charge is 0.394 e. The molecular weight excluding hydrogens is 246 g/mol. The first kappa shape index (κ1) is 11.5. The Morgan fingerprint density at radius 3 is 2.79 bits per heavy atom.